The van der Waals surface area contributed by atoms with Gasteiger partial charge in [-0.25, -0.2) is 9.79 Å². The van der Waals surface area contributed by atoms with Gasteiger partial charge in [0.05, 0.1) is 6.54 Å². The van der Waals surface area contributed by atoms with Gasteiger partial charge in [-0.05, 0) is 77.0 Å². The number of phenolic OH excluding ortho intramolecular Hbond substituents is 1. The van der Waals surface area contributed by atoms with E-state index < -0.39 is 5.60 Å². The minimum absolute atomic E-state index is 0. The highest BCUT2D eigenvalue weighted by molar-refractivity contribution is 14.0. The number of ether oxygens (including phenoxy) is 1. The predicted octanol–water partition coefficient (Wildman–Crippen LogP) is 4.59. The second-order valence-electron chi connectivity index (χ2n) is 9.63. The lowest BCUT2D eigenvalue weighted by atomic mass is 10.0. The number of aliphatic imine (C=N–C) groups is 1. The molecule has 2 N–H and O–H groups in total. The summed E-state index contributed by atoms with van der Waals surface area (Å²) in [5, 5.41) is 12.9. The van der Waals surface area contributed by atoms with E-state index in [1.807, 2.05) is 37.8 Å². The second kappa shape index (κ2) is 12.0. The van der Waals surface area contributed by atoms with Gasteiger partial charge in [0.25, 0.3) is 0 Å². The highest BCUT2D eigenvalue weighted by atomic mass is 127. The summed E-state index contributed by atoms with van der Waals surface area (Å²) >= 11 is 0. The molecule has 2 fully saturated rings. The molecule has 1 aromatic rings. The maximum Gasteiger partial charge on any atom is 0.410 e. The number of piperidine rings is 1. The van der Waals surface area contributed by atoms with Gasteiger partial charge in [0.1, 0.15) is 11.4 Å². The molecule has 1 aliphatic heterocycles. The van der Waals surface area contributed by atoms with Crippen LogP contribution in [0.4, 0.5) is 4.79 Å². The summed E-state index contributed by atoms with van der Waals surface area (Å²) in [6, 6.07) is 7.38. The smallest absolute Gasteiger partial charge is 0.410 e. The van der Waals surface area contributed by atoms with Crippen molar-refractivity contribution in [2.45, 2.75) is 71.6 Å². The second-order valence-corrected chi connectivity index (χ2v) is 9.63. The highest BCUT2D eigenvalue weighted by Gasteiger charge is 2.35. The van der Waals surface area contributed by atoms with Gasteiger partial charge in [0, 0.05) is 32.2 Å². The third-order valence-corrected chi connectivity index (χ3v) is 5.67. The fourth-order valence-electron chi connectivity index (χ4n) is 3.85. The third-order valence-electron chi connectivity index (χ3n) is 5.67. The lowest BCUT2D eigenvalue weighted by molar-refractivity contribution is 0.00928. The van der Waals surface area contributed by atoms with Gasteiger partial charge in [-0.2, -0.15) is 0 Å². The Kier molecular flexibility index (Phi) is 9.91. The SMILES string of the molecule is CCNC(=NCc1ccc(O)cc1)N1CCC(N(CC2CC2)C(=O)OC(C)(C)C)CC1.I. The fraction of sp³-hybridized carbons (Fsp3) is 0.667. The molecule has 32 heavy (non-hydrogen) atoms. The number of rotatable bonds is 6. The highest BCUT2D eigenvalue weighted by Crippen LogP contribution is 2.32. The molecule has 1 heterocycles. The molecule has 2 aliphatic rings. The van der Waals surface area contributed by atoms with Gasteiger partial charge in [0.2, 0.25) is 0 Å². The Morgan fingerprint density at radius 3 is 2.34 bits per heavy atom. The number of hydrogen-bond donors (Lipinski definition) is 2. The van der Waals surface area contributed by atoms with Crippen molar-refractivity contribution < 1.29 is 14.6 Å². The lowest BCUT2D eigenvalue weighted by Crippen LogP contribution is -2.52. The average Bonchev–Trinajstić information content (AvgIpc) is 3.54. The summed E-state index contributed by atoms with van der Waals surface area (Å²) in [5.41, 5.74) is 0.585. The normalized spacial score (nSPS) is 17.5. The minimum Gasteiger partial charge on any atom is -0.508 e. The molecular weight excluding hydrogens is 519 g/mol. The zero-order valence-electron chi connectivity index (χ0n) is 19.8. The molecule has 1 saturated heterocycles. The van der Waals surface area contributed by atoms with Crippen molar-refractivity contribution in [3.05, 3.63) is 29.8 Å². The Balaban J connectivity index is 0.00000363. The molecule has 0 spiro atoms. The summed E-state index contributed by atoms with van der Waals surface area (Å²) in [6.45, 7) is 11.7. The molecule has 1 aliphatic carbocycles. The number of nitrogens with zero attached hydrogens (tertiary/aromatic N) is 3. The summed E-state index contributed by atoms with van der Waals surface area (Å²) in [6.07, 6.45) is 4.08. The first-order valence-corrected chi connectivity index (χ1v) is 11.6. The Morgan fingerprint density at radius 1 is 1.19 bits per heavy atom. The molecule has 0 aromatic heterocycles. The van der Waals surface area contributed by atoms with E-state index >= 15 is 0 Å². The van der Waals surface area contributed by atoms with E-state index in [2.05, 4.69) is 17.1 Å². The number of likely N-dealkylation sites (tertiary alicyclic amines) is 1. The Morgan fingerprint density at radius 2 is 1.81 bits per heavy atom. The van der Waals surface area contributed by atoms with Crippen LogP contribution < -0.4 is 5.32 Å². The van der Waals surface area contributed by atoms with Gasteiger partial charge in [0.15, 0.2) is 5.96 Å². The van der Waals surface area contributed by atoms with E-state index in [1.165, 1.54) is 12.8 Å². The molecule has 3 rings (SSSR count). The van der Waals surface area contributed by atoms with E-state index in [0.29, 0.717) is 12.5 Å². The van der Waals surface area contributed by atoms with Crippen molar-refractivity contribution in [3.63, 3.8) is 0 Å². The molecule has 0 radical (unpaired) electrons. The molecule has 0 bridgehead atoms. The average molecular weight is 559 g/mol. The molecule has 180 valence electrons. The zero-order valence-corrected chi connectivity index (χ0v) is 22.2. The van der Waals surface area contributed by atoms with Crippen LogP contribution in [0.5, 0.6) is 5.75 Å². The zero-order chi connectivity index (χ0) is 22.4. The summed E-state index contributed by atoms with van der Waals surface area (Å²) < 4.78 is 5.71. The molecule has 7 nitrogen and oxygen atoms in total. The number of hydrogen-bond acceptors (Lipinski definition) is 4. The lowest BCUT2D eigenvalue weighted by Gasteiger charge is -2.40. The number of benzene rings is 1. The van der Waals surface area contributed by atoms with Crippen molar-refractivity contribution in [2.75, 3.05) is 26.2 Å². The molecule has 1 aromatic carbocycles. The van der Waals surface area contributed by atoms with Crippen molar-refractivity contribution >= 4 is 36.0 Å². The Bertz CT molecular complexity index is 752. The van der Waals surface area contributed by atoms with Crippen molar-refractivity contribution in [2.24, 2.45) is 10.9 Å². The summed E-state index contributed by atoms with van der Waals surface area (Å²) in [4.78, 5) is 21.9. The van der Waals surface area contributed by atoms with Crippen LogP contribution in [0.15, 0.2) is 29.3 Å². The number of carbonyl (C=O) groups excluding carboxylic acids is 1. The van der Waals surface area contributed by atoms with E-state index in [-0.39, 0.29) is 41.9 Å². The van der Waals surface area contributed by atoms with Crippen LogP contribution in [-0.4, -0.2) is 64.8 Å². The number of aromatic hydroxyl groups is 1. The van der Waals surface area contributed by atoms with Crippen LogP contribution in [0.25, 0.3) is 0 Å². The first-order valence-electron chi connectivity index (χ1n) is 11.6. The third kappa shape index (κ3) is 8.33. The molecular formula is C24H39IN4O3. The fourth-order valence-corrected chi connectivity index (χ4v) is 3.85. The van der Waals surface area contributed by atoms with E-state index in [0.717, 1.165) is 50.5 Å². The number of carbonyl (C=O) groups is 1. The molecule has 1 saturated carbocycles. The van der Waals surface area contributed by atoms with Gasteiger partial charge in [-0.3, -0.25) is 0 Å². The number of guanidine groups is 1. The standard InChI is InChI=1S/C24H38N4O3.HI/c1-5-25-22(26-16-18-8-10-21(29)11-9-18)27-14-12-20(13-15-27)28(17-19-6-7-19)23(30)31-24(2,3)4;/h8-11,19-20,29H,5-7,12-17H2,1-4H3,(H,25,26);1H. The topological polar surface area (TPSA) is 77.4 Å². The number of phenols is 1. The molecule has 0 atom stereocenters. The minimum atomic E-state index is -0.474. The maximum absolute atomic E-state index is 12.9. The monoisotopic (exact) mass is 558 g/mol. The van der Waals surface area contributed by atoms with E-state index in [9.17, 15) is 9.90 Å². The summed E-state index contributed by atoms with van der Waals surface area (Å²) in [7, 11) is 0. The molecule has 1 amide bonds. The quantitative estimate of drug-likeness (QED) is 0.304. The Hall–Kier alpha value is -1.71. The van der Waals surface area contributed by atoms with Gasteiger partial charge >= 0.3 is 6.09 Å². The van der Waals surface area contributed by atoms with Gasteiger partial charge in [-0.15, -0.1) is 24.0 Å². The van der Waals surface area contributed by atoms with Gasteiger partial charge < -0.3 is 25.0 Å². The van der Waals surface area contributed by atoms with Crippen LogP contribution >= 0.6 is 24.0 Å². The molecule has 0 unspecified atom stereocenters. The first-order chi connectivity index (χ1) is 14.7. The van der Waals surface area contributed by atoms with Crippen LogP contribution in [0, 0.1) is 5.92 Å². The van der Waals surface area contributed by atoms with Crippen molar-refractivity contribution in [1.82, 2.24) is 15.1 Å². The van der Waals surface area contributed by atoms with E-state index in [4.69, 9.17) is 9.73 Å². The number of halogens is 1. The Labute approximate surface area is 209 Å². The molecule has 8 heteroatoms. The van der Waals surface area contributed by atoms with Crippen molar-refractivity contribution in [1.29, 1.82) is 0 Å². The largest absolute Gasteiger partial charge is 0.508 e. The van der Waals surface area contributed by atoms with E-state index in [1.54, 1.807) is 12.1 Å². The maximum atomic E-state index is 12.9. The van der Waals surface area contributed by atoms with Crippen LogP contribution in [0.1, 0.15) is 58.9 Å². The van der Waals surface area contributed by atoms with Gasteiger partial charge in [-0.1, -0.05) is 12.1 Å². The number of nitrogens with one attached hydrogen (secondary N) is 1. The van der Waals surface area contributed by atoms with Crippen LogP contribution in [0.2, 0.25) is 0 Å². The first kappa shape index (κ1) is 26.5. The number of amides is 1. The van der Waals surface area contributed by atoms with Crippen LogP contribution in [-0.2, 0) is 11.3 Å². The predicted molar refractivity (Wildman–Crippen MR) is 139 cm³/mol. The van der Waals surface area contributed by atoms with Crippen LogP contribution in [0.3, 0.4) is 0 Å². The summed E-state index contributed by atoms with van der Waals surface area (Å²) in [5.74, 6) is 1.80. The van der Waals surface area contributed by atoms with Crippen molar-refractivity contribution in [3.8, 4) is 5.75 Å².